The average molecular weight is 361 g/mol. The van der Waals surface area contributed by atoms with Gasteiger partial charge in [-0.15, -0.1) is 0 Å². The van der Waals surface area contributed by atoms with Crippen molar-refractivity contribution in [3.63, 3.8) is 0 Å². The number of hydrogen-bond donors (Lipinski definition) is 1. The highest BCUT2D eigenvalue weighted by Crippen LogP contribution is 2.28. The van der Waals surface area contributed by atoms with Gasteiger partial charge in [-0.3, -0.25) is 0 Å². The van der Waals surface area contributed by atoms with Crippen LogP contribution in [-0.2, 0) is 10.0 Å². The van der Waals surface area contributed by atoms with E-state index in [1.165, 1.54) is 10.4 Å². The van der Waals surface area contributed by atoms with Crippen molar-refractivity contribution in [2.75, 3.05) is 33.7 Å². The molecule has 0 amide bonds. The maximum atomic E-state index is 12.8. The Morgan fingerprint density at radius 1 is 1.30 bits per heavy atom. The van der Waals surface area contributed by atoms with Crippen molar-refractivity contribution in [3.05, 3.63) is 28.8 Å². The monoisotopic (exact) mass is 360 g/mol. The molecule has 5 nitrogen and oxygen atoms in total. The summed E-state index contributed by atoms with van der Waals surface area (Å²) in [4.78, 5) is 2.15. The van der Waals surface area contributed by atoms with Crippen molar-refractivity contribution in [3.8, 4) is 0 Å². The summed E-state index contributed by atoms with van der Waals surface area (Å²) >= 11 is 6.07. The van der Waals surface area contributed by atoms with Crippen LogP contribution >= 0.6 is 11.6 Å². The SMILES string of the molecule is Cc1ccc(S(=O)(=O)N2CCC[C@@](O)(CN(C)C)CC2)cc1Cl. The fourth-order valence-electron chi connectivity index (χ4n) is 3.02. The lowest BCUT2D eigenvalue weighted by atomic mass is 9.94. The highest BCUT2D eigenvalue weighted by molar-refractivity contribution is 7.89. The van der Waals surface area contributed by atoms with E-state index in [2.05, 4.69) is 0 Å². The molecule has 1 atom stereocenters. The molecule has 7 heteroatoms. The molecule has 1 aromatic rings. The highest BCUT2D eigenvalue weighted by Gasteiger charge is 2.34. The predicted molar refractivity (Wildman–Crippen MR) is 92.3 cm³/mol. The fraction of sp³-hybridized carbons (Fsp3) is 0.625. The van der Waals surface area contributed by atoms with E-state index in [0.717, 1.165) is 5.56 Å². The van der Waals surface area contributed by atoms with E-state index in [9.17, 15) is 13.5 Å². The quantitative estimate of drug-likeness (QED) is 0.893. The number of benzene rings is 1. The van der Waals surface area contributed by atoms with Gasteiger partial charge in [0, 0.05) is 24.7 Å². The van der Waals surface area contributed by atoms with Gasteiger partial charge in [-0.05, 0) is 58.0 Å². The molecule has 1 heterocycles. The van der Waals surface area contributed by atoms with Gasteiger partial charge in [-0.2, -0.15) is 4.31 Å². The smallest absolute Gasteiger partial charge is 0.243 e. The maximum Gasteiger partial charge on any atom is 0.243 e. The largest absolute Gasteiger partial charge is 0.389 e. The van der Waals surface area contributed by atoms with E-state index >= 15 is 0 Å². The molecule has 0 spiro atoms. The van der Waals surface area contributed by atoms with Crippen molar-refractivity contribution in [1.29, 1.82) is 0 Å². The second-order valence-electron chi connectivity index (χ2n) is 6.63. The van der Waals surface area contributed by atoms with Crippen LogP contribution in [0.2, 0.25) is 5.02 Å². The molecule has 0 unspecified atom stereocenters. The molecule has 1 aliphatic rings. The lowest BCUT2D eigenvalue weighted by molar-refractivity contribution is 0.00405. The molecule has 1 fully saturated rings. The van der Waals surface area contributed by atoms with Crippen LogP contribution < -0.4 is 0 Å². The van der Waals surface area contributed by atoms with Gasteiger partial charge in [0.15, 0.2) is 0 Å². The molecule has 0 saturated carbocycles. The standard InChI is InChI=1S/C16H25ClN2O3S/c1-13-5-6-14(11-15(13)17)23(21,22)19-9-4-7-16(20,8-10-19)12-18(2)3/h5-6,11,20H,4,7-10,12H2,1-3H3/t16-/m0/s1. The number of sulfonamides is 1. The molecule has 130 valence electrons. The Labute approximate surface area is 143 Å². The van der Waals surface area contributed by atoms with Gasteiger partial charge in [0.2, 0.25) is 10.0 Å². The third-order valence-electron chi connectivity index (χ3n) is 4.27. The Kier molecular flexibility index (Phi) is 5.74. The summed E-state index contributed by atoms with van der Waals surface area (Å²) in [5.41, 5.74) is 0.0143. The molecule has 1 saturated heterocycles. The summed E-state index contributed by atoms with van der Waals surface area (Å²) in [6.45, 7) is 3.12. The van der Waals surface area contributed by atoms with E-state index in [4.69, 9.17) is 11.6 Å². The van der Waals surface area contributed by atoms with Gasteiger partial charge in [0.25, 0.3) is 0 Å². The van der Waals surface area contributed by atoms with Crippen LogP contribution in [0, 0.1) is 6.92 Å². The summed E-state index contributed by atoms with van der Waals surface area (Å²) in [5.74, 6) is 0. The zero-order chi connectivity index (χ0) is 17.3. The number of aryl methyl sites for hydroxylation is 1. The number of likely N-dealkylation sites (N-methyl/N-ethyl adjacent to an activating group) is 1. The summed E-state index contributed by atoms with van der Waals surface area (Å²) in [7, 11) is 0.238. The van der Waals surface area contributed by atoms with Crippen LogP contribution in [0.1, 0.15) is 24.8 Å². The third-order valence-corrected chi connectivity index (χ3v) is 6.57. The summed E-state index contributed by atoms with van der Waals surface area (Å²) < 4.78 is 27.1. The molecule has 1 aromatic carbocycles. The zero-order valence-electron chi connectivity index (χ0n) is 13.9. The Bertz CT molecular complexity index is 663. The zero-order valence-corrected chi connectivity index (χ0v) is 15.5. The van der Waals surface area contributed by atoms with Gasteiger partial charge in [0.05, 0.1) is 10.5 Å². The molecule has 23 heavy (non-hydrogen) atoms. The molecule has 0 radical (unpaired) electrons. The third kappa shape index (κ3) is 4.45. The number of rotatable bonds is 4. The van der Waals surface area contributed by atoms with E-state index in [-0.39, 0.29) is 4.90 Å². The Morgan fingerprint density at radius 2 is 2.00 bits per heavy atom. The molecule has 1 N–H and O–H groups in total. The van der Waals surface area contributed by atoms with Gasteiger partial charge in [0.1, 0.15) is 0 Å². The summed E-state index contributed by atoms with van der Waals surface area (Å²) in [5, 5.41) is 11.1. The van der Waals surface area contributed by atoms with E-state index < -0.39 is 15.6 Å². The Balaban J connectivity index is 2.19. The van der Waals surface area contributed by atoms with Gasteiger partial charge >= 0.3 is 0 Å². The first kappa shape index (κ1) is 18.7. The van der Waals surface area contributed by atoms with E-state index in [1.54, 1.807) is 12.1 Å². The normalized spacial score (nSPS) is 23.9. The first-order valence-electron chi connectivity index (χ1n) is 7.77. The first-order valence-corrected chi connectivity index (χ1v) is 9.59. The lowest BCUT2D eigenvalue weighted by Crippen LogP contribution is -2.41. The number of nitrogens with zero attached hydrogens (tertiary/aromatic N) is 2. The van der Waals surface area contributed by atoms with Crippen LogP contribution in [0.5, 0.6) is 0 Å². The maximum absolute atomic E-state index is 12.8. The Morgan fingerprint density at radius 3 is 2.61 bits per heavy atom. The average Bonchev–Trinajstić information content (AvgIpc) is 2.63. The Hall–Kier alpha value is -0.660. The van der Waals surface area contributed by atoms with Crippen LogP contribution in [0.15, 0.2) is 23.1 Å². The minimum atomic E-state index is -3.58. The van der Waals surface area contributed by atoms with Gasteiger partial charge < -0.3 is 10.0 Å². The van der Waals surface area contributed by atoms with Crippen LogP contribution in [0.4, 0.5) is 0 Å². The van der Waals surface area contributed by atoms with Crippen molar-refractivity contribution < 1.29 is 13.5 Å². The van der Waals surface area contributed by atoms with Crippen molar-refractivity contribution in [1.82, 2.24) is 9.21 Å². The lowest BCUT2D eigenvalue weighted by Gasteiger charge is -2.29. The summed E-state index contributed by atoms with van der Waals surface area (Å²) in [6, 6.07) is 4.81. The second kappa shape index (κ2) is 7.07. The molecular weight excluding hydrogens is 336 g/mol. The molecule has 0 bridgehead atoms. The molecule has 1 aliphatic heterocycles. The topological polar surface area (TPSA) is 60.9 Å². The molecule has 0 aromatic heterocycles. The van der Waals surface area contributed by atoms with Crippen molar-refractivity contribution in [2.45, 2.75) is 36.7 Å². The molecule has 2 rings (SSSR count). The minimum Gasteiger partial charge on any atom is -0.389 e. The van der Waals surface area contributed by atoms with Crippen LogP contribution in [0.25, 0.3) is 0 Å². The second-order valence-corrected chi connectivity index (χ2v) is 8.98. The molecule has 0 aliphatic carbocycles. The van der Waals surface area contributed by atoms with E-state index in [0.29, 0.717) is 43.9 Å². The number of halogens is 1. The first-order chi connectivity index (χ1) is 10.6. The predicted octanol–water partition coefficient (Wildman–Crippen LogP) is 2.12. The number of hydrogen-bond acceptors (Lipinski definition) is 4. The molecular formula is C16H25ClN2O3S. The minimum absolute atomic E-state index is 0.214. The highest BCUT2D eigenvalue weighted by atomic mass is 35.5. The number of aliphatic hydroxyl groups is 1. The van der Waals surface area contributed by atoms with Crippen LogP contribution in [-0.4, -0.2) is 62.1 Å². The van der Waals surface area contributed by atoms with E-state index in [1.807, 2.05) is 25.9 Å². The van der Waals surface area contributed by atoms with Crippen molar-refractivity contribution in [2.24, 2.45) is 0 Å². The fourth-order valence-corrected chi connectivity index (χ4v) is 4.78. The van der Waals surface area contributed by atoms with Crippen LogP contribution in [0.3, 0.4) is 0 Å². The van der Waals surface area contributed by atoms with Crippen molar-refractivity contribution >= 4 is 21.6 Å². The van der Waals surface area contributed by atoms with Gasteiger partial charge in [-0.25, -0.2) is 8.42 Å². The van der Waals surface area contributed by atoms with Gasteiger partial charge in [-0.1, -0.05) is 17.7 Å². The summed E-state index contributed by atoms with van der Waals surface area (Å²) in [6.07, 6.45) is 1.68.